The van der Waals surface area contributed by atoms with E-state index in [1.165, 1.54) is 25.9 Å². The van der Waals surface area contributed by atoms with E-state index in [9.17, 15) is 9.36 Å². The Balaban J connectivity index is 1.51. The zero-order chi connectivity index (χ0) is 23.1. The smallest absolute Gasteiger partial charge is 0.324 e. The Kier molecular flexibility index (Phi) is 7.89. The number of esters is 1. The number of benzene rings is 2. The van der Waals surface area contributed by atoms with Gasteiger partial charge in [-0.15, -0.1) is 0 Å². The molecule has 3 aromatic rings. The van der Waals surface area contributed by atoms with E-state index in [-0.39, 0.29) is 12.1 Å². The maximum atomic E-state index is 13.3. The summed E-state index contributed by atoms with van der Waals surface area (Å²) >= 11 is 0. The molecular weight excluding hydrogens is 435 g/mol. The van der Waals surface area contributed by atoms with Crippen molar-refractivity contribution in [1.29, 1.82) is 0 Å². The van der Waals surface area contributed by atoms with E-state index in [1.54, 1.807) is 12.1 Å². The summed E-state index contributed by atoms with van der Waals surface area (Å²) in [5, 5.41) is 4.06. The fourth-order valence-electron chi connectivity index (χ4n) is 4.42. The minimum Gasteiger partial charge on any atom is -0.461 e. The largest absolute Gasteiger partial charge is 0.461 e. The molecule has 1 heterocycles. The summed E-state index contributed by atoms with van der Waals surface area (Å²) in [5.41, 5.74) is 1.88. The van der Waals surface area contributed by atoms with Crippen molar-refractivity contribution in [2.24, 2.45) is 0 Å². The standard InChI is InChI=1S/C26H33N2O4P/c1-33(30,32-23-15-8-5-9-16-23)28-25(19-21-18-20-12-10-11-17-24(20)27-21)26(29)31-22-13-6-3-2-4-7-14-22/h5,8-12,15-18,22,25,27H,2-4,6-7,13-14,19H2,1H3,(H,28,30)/t25-,33?/m0/s1. The highest BCUT2D eigenvalue weighted by atomic mass is 31.2. The highest BCUT2D eigenvalue weighted by Crippen LogP contribution is 2.40. The monoisotopic (exact) mass is 468 g/mol. The quantitative estimate of drug-likeness (QED) is 0.303. The molecule has 1 aromatic heterocycles. The Labute approximate surface area is 195 Å². The minimum atomic E-state index is -3.33. The van der Waals surface area contributed by atoms with Gasteiger partial charge in [0.2, 0.25) is 0 Å². The van der Waals surface area contributed by atoms with Crippen molar-refractivity contribution < 1.29 is 18.6 Å². The summed E-state index contributed by atoms with van der Waals surface area (Å²) in [6, 6.07) is 18.2. The van der Waals surface area contributed by atoms with Crippen LogP contribution in [0.1, 0.15) is 50.6 Å². The molecule has 2 atom stereocenters. The molecule has 0 aliphatic heterocycles. The molecule has 6 nitrogen and oxygen atoms in total. The first-order valence-electron chi connectivity index (χ1n) is 11.9. The van der Waals surface area contributed by atoms with Crippen molar-refractivity contribution in [1.82, 2.24) is 10.1 Å². The lowest BCUT2D eigenvalue weighted by atomic mass is 9.98. The number of ether oxygens (including phenoxy) is 1. The number of aromatic amines is 1. The Morgan fingerprint density at radius 2 is 1.70 bits per heavy atom. The summed E-state index contributed by atoms with van der Waals surface area (Å²) < 4.78 is 25.0. The Hall–Kier alpha value is -2.56. The van der Waals surface area contributed by atoms with Crippen molar-refractivity contribution in [2.45, 2.75) is 63.5 Å². The van der Waals surface area contributed by atoms with Crippen molar-refractivity contribution in [3.05, 3.63) is 66.4 Å². The predicted octanol–water partition coefficient (Wildman–Crippen LogP) is 6.23. The molecule has 1 saturated carbocycles. The number of para-hydroxylation sites is 2. The molecule has 2 aromatic carbocycles. The molecule has 0 bridgehead atoms. The van der Waals surface area contributed by atoms with E-state index in [1.807, 2.05) is 48.5 Å². The number of hydrogen-bond donors (Lipinski definition) is 2. The first-order chi connectivity index (χ1) is 16.0. The van der Waals surface area contributed by atoms with Gasteiger partial charge >= 0.3 is 13.5 Å². The Bertz CT molecular complexity index is 1060. The highest BCUT2D eigenvalue weighted by Gasteiger charge is 2.31. The summed E-state index contributed by atoms with van der Waals surface area (Å²) in [5.74, 6) is 0.117. The van der Waals surface area contributed by atoms with E-state index in [4.69, 9.17) is 9.26 Å². The van der Waals surface area contributed by atoms with E-state index in [0.717, 1.165) is 42.3 Å². The van der Waals surface area contributed by atoms with E-state index in [2.05, 4.69) is 10.1 Å². The van der Waals surface area contributed by atoms with Crippen LogP contribution in [0.3, 0.4) is 0 Å². The van der Waals surface area contributed by atoms with Crippen LogP contribution in [0.5, 0.6) is 5.75 Å². The van der Waals surface area contributed by atoms with Crippen LogP contribution >= 0.6 is 7.52 Å². The first-order valence-corrected chi connectivity index (χ1v) is 13.9. The molecule has 2 N–H and O–H groups in total. The average Bonchev–Trinajstić information content (AvgIpc) is 3.17. The normalized spacial score (nSPS) is 18.1. The Morgan fingerprint density at radius 3 is 2.42 bits per heavy atom. The molecule has 176 valence electrons. The average molecular weight is 469 g/mol. The van der Waals surface area contributed by atoms with Crippen LogP contribution in [0.25, 0.3) is 10.9 Å². The number of carbonyl (C=O) groups is 1. The van der Waals surface area contributed by atoms with Gasteiger partial charge in [0.05, 0.1) is 0 Å². The van der Waals surface area contributed by atoms with Crippen LogP contribution in [-0.4, -0.2) is 29.8 Å². The molecule has 1 aliphatic carbocycles. The molecule has 1 fully saturated rings. The van der Waals surface area contributed by atoms with Gasteiger partial charge in [-0.2, -0.15) is 0 Å². The predicted molar refractivity (Wildman–Crippen MR) is 132 cm³/mol. The van der Waals surface area contributed by atoms with Crippen LogP contribution in [-0.2, 0) is 20.5 Å². The lowest BCUT2D eigenvalue weighted by Crippen LogP contribution is -2.40. The van der Waals surface area contributed by atoms with Gasteiger partial charge in [0.25, 0.3) is 0 Å². The summed E-state index contributed by atoms with van der Waals surface area (Å²) in [6.45, 7) is 1.50. The highest BCUT2D eigenvalue weighted by molar-refractivity contribution is 7.56. The van der Waals surface area contributed by atoms with Gasteiger partial charge in [0, 0.05) is 24.3 Å². The Morgan fingerprint density at radius 1 is 1.03 bits per heavy atom. The second kappa shape index (κ2) is 11.0. The van der Waals surface area contributed by atoms with E-state index >= 15 is 0 Å². The van der Waals surface area contributed by atoms with Crippen molar-refractivity contribution in [3.63, 3.8) is 0 Å². The molecule has 0 radical (unpaired) electrons. The molecule has 0 amide bonds. The maximum Gasteiger partial charge on any atom is 0.324 e. The third kappa shape index (κ3) is 6.96. The SMILES string of the molecule is CP(=O)(N[C@@H](Cc1cc2ccccc2[nH]1)C(=O)OC1CCCCCCC1)Oc1ccccc1. The summed E-state index contributed by atoms with van der Waals surface area (Å²) in [7, 11) is -3.33. The van der Waals surface area contributed by atoms with Gasteiger partial charge in [0.1, 0.15) is 17.9 Å². The first kappa shape index (κ1) is 23.6. The molecule has 0 spiro atoms. The lowest BCUT2D eigenvalue weighted by molar-refractivity contribution is -0.152. The van der Waals surface area contributed by atoms with Crippen LogP contribution in [0, 0.1) is 0 Å². The third-order valence-corrected chi connectivity index (χ3v) is 7.38. The molecular formula is C26H33N2O4P. The van der Waals surface area contributed by atoms with Crippen molar-refractivity contribution >= 4 is 24.4 Å². The number of nitrogens with one attached hydrogen (secondary N) is 2. The summed E-state index contributed by atoms with van der Waals surface area (Å²) in [4.78, 5) is 16.6. The number of fused-ring (bicyclic) bond motifs is 1. The van der Waals surface area contributed by atoms with E-state index < -0.39 is 13.6 Å². The van der Waals surface area contributed by atoms with Gasteiger partial charge in [-0.1, -0.05) is 55.7 Å². The van der Waals surface area contributed by atoms with Gasteiger partial charge in [-0.3, -0.25) is 9.36 Å². The maximum absolute atomic E-state index is 13.3. The second-order valence-corrected chi connectivity index (χ2v) is 11.1. The topological polar surface area (TPSA) is 80.4 Å². The van der Waals surface area contributed by atoms with Gasteiger partial charge < -0.3 is 14.2 Å². The second-order valence-electron chi connectivity index (χ2n) is 8.92. The lowest BCUT2D eigenvalue weighted by Gasteiger charge is -2.26. The van der Waals surface area contributed by atoms with Crippen LogP contribution < -0.4 is 9.61 Å². The van der Waals surface area contributed by atoms with Crippen LogP contribution in [0.4, 0.5) is 0 Å². The number of carbonyl (C=O) groups excluding carboxylic acids is 1. The van der Waals surface area contributed by atoms with Gasteiger partial charge in [-0.25, -0.2) is 5.09 Å². The number of hydrogen-bond acceptors (Lipinski definition) is 4. The molecule has 0 saturated heterocycles. The van der Waals surface area contributed by atoms with Crippen LogP contribution in [0.15, 0.2) is 60.7 Å². The fraction of sp³-hybridized carbons (Fsp3) is 0.423. The zero-order valence-corrected chi connectivity index (χ0v) is 20.1. The molecule has 4 rings (SSSR count). The summed E-state index contributed by atoms with van der Waals surface area (Å²) in [6.07, 6.45) is 7.76. The molecule has 1 aliphatic rings. The molecule has 1 unspecified atom stereocenters. The van der Waals surface area contributed by atoms with Gasteiger partial charge in [-0.05, 0) is 55.3 Å². The molecule has 7 heteroatoms. The third-order valence-electron chi connectivity index (χ3n) is 6.04. The fourth-order valence-corrected chi connectivity index (χ4v) is 5.76. The zero-order valence-electron chi connectivity index (χ0n) is 19.2. The van der Waals surface area contributed by atoms with Gasteiger partial charge in [0.15, 0.2) is 0 Å². The van der Waals surface area contributed by atoms with Crippen molar-refractivity contribution in [3.8, 4) is 5.75 Å². The van der Waals surface area contributed by atoms with Crippen molar-refractivity contribution in [2.75, 3.05) is 6.66 Å². The number of aromatic nitrogens is 1. The number of H-pyrrole nitrogens is 1. The number of rotatable bonds is 8. The van der Waals surface area contributed by atoms with Crippen LogP contribution in [0.2, 0.25) is 0 Å². The van der Waals surface area contributed by atoms with E-state index in [0.29, 0.717) is 12.2 Å². The molecule has 33 heavy (non-hydrogen) atoms. The minimum absolute atomic E-state index is 0.0869.